The second-order valence-corrected chi connectivity index (χ2v) is 5.76. The number of amides is 2. The third-order valence-electron chi connectivity index (χ3n) is 4.44. The van der Waals surface area contributed by atoms with Crippen LogP contribution in [0.2, 0.25) is 0 Å². The maximum atomic E-state index is 12.4. The van der Waals surface area contributed by atoms with E-state index in [4.69, 9.17) is 0 Å². The van der Waals surface area contributed by atoms with E-state index in [1.54, 1.807) is 23.1 Å². The number of para-hydroxylation sites is 1. The van der Waals surface area contributed by atoms with Crippen molar-refractivity contribution >= 4 is 11.8 Å². The van der Waals surface area contributed by atoms with Gasteiger partial charge in [0, 0.05) is 26.1 Å². The largest absolute Gasteiger partial charge is 0.507 e. The fourth-order valence-corrected chi connectivity index (χ4v) is 3.11. The van der Waals surface area contributed by atoms with Crippen molar-refractivity contribution in [2.24, 2.45) is 5.41 Å². The lowest BCUT2D eigenvalue weighted by molar-refractivity contribution is -0.119. The zero-order chi connectivity index (χ0) is 14.2. The molecule has 0 atom stereocenters. The summed E-state index contributed by atoms with van der Waals surface area (Å²) in [5.74, 6) is 0.0104. The molecule has 2 fully saturated rings. The number of benzene rings is 1. The molecule has 2 aliphatic heterocycles. The van der Waals surface area contributed by atoms with Crippen molar-refractivity contribution in [2.75, 3.05) is 19.6 Å². The van der Waals surface area contributed by atoms with Crippen molar-refractivity contribution in [3.8, 4) is 5.75 Å². The topological polar surface area (TPSA) is 69.6 Å². The molecule has 2 saturated heterocycles. The molecule has 0 bridgehead atoms. The number of likely N-dealkylation sites (tertiary alicyclic amines) is 1. The molecule has 2 N–H and O–H groups in total. The maximum Gasteiger partial charge on any atom is 0.257 e. The highest BCUT2D eigenvalue weighted by molar-refractivity contribution is 5.96. The van der Waals surface area contributed by atoms with Crippen LogP contribution in [-0.2, 0) is 4.79 Å². The SMILES string of the molecule is O=C1CC2(CCN(C(=O)c3ccccc3O)CC2)CN1. The highest BCUT2D eigenvalue weighted by atomic mass is 16.3. The Morgan fingerprint density at radius 1 is 1.25 bits per heavy atom. The van der Waals surface area contributed by atoms with Crippen molar-refractivity contribution in [1.82, 2.24) is 10.2 Å². The van der Waals surface area contributed by atoms with E-state index >= 15 is 0 Å². The summed E-state index contributed by atoms with van der Waals surface area (Å²) in [5, 5.41) is 12.6. The van der Waals surface area contributed by atoms with Gasteiger partial charge in [-0.15, -0.1) is 0 Å². The number of hydrogen-bond acceptors (Lipinski definition) is 3. The van der Waals surface area contributed by atoms with Gasteiger partial charge in [0.2, 0.25) is 5.91 Å². The van der Waals surface area contributed by atoms with Crippen LogP contribution in [0, 0.1) is 5.41 Å². The number of piperidine rings is 1. The smallest absolute Gasteiger partial charge is 0.257 e. The van der Waals surface area contributed by atoms with Crippen molar-refractivity contribution in [2.45, 2.75) is 19.3 Å². The van der Waals surface area contributed by atoms with Crippen LogP contribution in [0.5, 0.6) is 5.75 Å². The number of nitrogens with zero attached hydrogens (tertiary/aromatic N) is 1. The second-order valence-electron chi connectivity index (χ2n) is 5.76. The summed E-state index contributed by atoms with van der Waals surface area (Å²) in [6.45, 7) is 2.01. The molecule has 106 valence electrons. The molecule has 0 unspecified atom stereocenters. The molecule has 20 heavy (non-hydrogen) atoms. The molecule has 1 aromatic carbocycles. The first-order valence-corrected chi connectivity index (χ1v) is 6.94. The number of phenols is 1. The highest BCUT2D eigenvalue weighted by Gasteiger charge is 2.41. The second kappa shape index (κ2) is 4.81. The molecular formula is C15H18N2O3. The molecular weight excluding hydrogens is 256 g/mol. The van der Waals surface area contributed by atoms with Crippen LogP contribution in [0.4, 0.5) is 0 Å². The van der Waals surface area contributed by atoms with Crippen molar-refractivity contribution < 1.29 is 14.7 Å². The minimum atomic E-state index is -0.129. The highest BCUT2D eigenvalue weighted by Crippen LogP contribution is 2.38. The quantitative estimate of drug-likeness (QED) is 0.806. The summed E-state index contributed by atoms with van der Waals surface area (Å²) < 4.78 is 0. The Bertz CT molecular complexity index is 548. The minimum Gasteiger partial charge on any atom is -0.507 e. The fraction of sp³-hybridized carbons (Fsp3) is 0.467. The van der Waals surface area contributed by atoms with E-state index in [-0.39, 0.29) is 23.0 Å². The summed E-state index contributed by atoms with van der Waals surface area (Å²) in [7, 11) is 0. The summed E-state index contributed by atoms with van der Waals surface area (Å²) >= 11 is 0. The Balaban J connectivity index is 1.68. The zero-order valence-corrected chi connectivity index (χ0v) is 11.3. The van der Waals surface area contributed by atoms with Gasteiger partial charge >= 0.3 is 0 Å². The minimum absolute atomic E-state index is 0.0236. The van der Waals surface area contributed by atoms with Crippen LogP contribution in [-0.4, -0.2) is 41.5 Å². The lowest BCUT2D eigenvalue weighted by atomic mass is 9.77. The van der Waals surface area contributed by atoms with Gasteiger partial charge in [-0.1, -0.05) is 12.1 Å². The molecule has 5 nitrogen and oxygen atoms in total. The number of rotatable bonds is 1. The van der Waals surface area contributed by atoms with Gasteiger partial charge in [-0.3, -0.25) is 9.59 Å². The van der Waals surface area contributed by atoms with E-state index in [0.717, 1.165) is 19.4 Å². The lowest BCUT2D eigenvalue weighted by Crippen LogP contribution is -2.44. The van der Waals surface area contributed by atoms with Gasteiger partial charge in [0.15, 0.2) is 0 Å². The van der Waals surface area contributed by atoms with E-state index in [0.29, 0.717) is 25.1 Å². The first-order valence-electron chi connectivity index (χ1n) is 6.94. The molecule has 0 saturated carbocycles. The molecule has 3 rings (SSSR count). The Morgan fingerprint density at radius 3 is 2.55 bits per heavy atom. The summed E-state index contributed by atoms with van der Waals surface area (Å²) in [6.07, 6.45) is 2.25. The summed E-state index contributed by atoms with van der Waals surface area (Å²) in [4.78, 5) is 25.5. The van der Waals surface area contributed by atoms with Crippen molar-refractivity contribution in [3.63, 3.8) is 0 Å². The molecule has 1 spiro atoms. The Kier molecular flexibility index (Phi) is 3.12. The van der Waals surface area contributed by atoms with Gasteiger partial charge in [-0.25, -0.2) is 0 Å². The van der Waals surface area contributed by atoms with Crippen LogP contribution in [0.3, 0.4) is 0 Å². The predicted octanol–water partition coefficient (Wildman–Crippen LogP) is 1.13. The Morgan fingerprint density at radius 2 is 1.95 bits per heavy atom. The molecule has 2 heterocycles. The average Bonchev–Trinajstić information content (AvgIpc) is 2.81. The van der Waals surface area contributed by atoms with Gasteiger partial charge < -0.3 is 15.3 Å². The van der Waals surface area contributed by atoms with Gasteiger partial charge in [-0.2, -0.15) is 0 Å². The fourth-order valence-electron chi connectivity index (χ4n) is 3.11. The van der Waals surface area contributed by atoms with Gasteiger partial charge in [0.1, 0.15) is 5.75 Å². The van der Waals surface area contributed by atoms with Crippen LogP contribution in [0.15, 0.2) is 24.3 Å². The first-order chi connectivity index (χ1) is 9.60. The van der Waals surface area contributed by atoms with Gasteiger partial charge in [-0.05, 0) is 30.4 Å². The number of carbonyl (C=O) groups is 2. The number of aromatic hydroxyl groups is 1. The van der Waals surface area contributed by atoms with E-state index in [2.05, 4.69) is 5.32 Å². The van der Waals surface area contributed by atoms with Crippen LogP contribution >= 0.6 is 0 Å². The van der Waals surface area contributed by atoms with Crippen LogP contribution in [0.1, 0.15) is 29.6 Å². The summed E-state index contributed by atoms with van der Waals surface area (Å²) in [5.41, 5.74) is 0.385. The van der Waals surface area contributed by atoms with Crippen LogP contribution < -0.4 is 5.32 Å². The monoisotopic (exact) mass is 274 g/mol. The van der Waals surface area contributed by atoms with E-state index in [9.17, 15) is 14.7 Å². The molecule has 0 aliphatic carbocycles. The van der Waals surface area contributed by atoms with Crippen molar-refractivity contribution in [1.29, 1.82) is 0 Å². The number of hydrogen-bond donors (Lipinski definition) is 2. The maximum absolute atomic E-state index is 12.4. The molecule has 0 radical (unpaired) electrons. The van der Waals surface area contributed by atoms with E-state index in [1.807, 2.05) is 0 Å². The van der Waals surface area contributed by atoms with Crippen molar-refractivity contribution in [3.05, 3.63) is 29.8 Å². The van der Waals surface area contributed by atoms with Gasteiger partial charge in [0.05, 0.1) is 5.56 Å². The Hall–Kier alpha value is -2.04. The molecule has 0 aromatic heterocycles. The number of carbonyl (C=O) groups excluding carboxylic acids is 2. The predicted molar refractivity (Wildman–Crippen MR) is 73.3 cm³/mol. The average molecular weight is 274 g/mol. The zero-order valence-electron chi connectivity index (χ0n) is 11.3. The lowest BCUT2D eigenvalue weighted by Gasteiger charge is -2.38. The third-order valence-corrected chi connectivity index (χ3v) is 4.44. The third kappa shape index (κ3) is 2.24. The van der Waals surface area contributed by atoms with E-state index in [1.165, 1.54) is 6.07 Å². The summed E-state index contributed by atoms with van der Waals surface area (Å²) in [6, 6.07) is 6.62. The first kappa shape index (κ1) is 13.0. The number of nitrogens with one attached hydrogen (secondary N) is 1. The molecule has 2 amide bonds. The number of phenolic OH excluding ortho intramolecular Hbond substituents is 1. The van der Waals surface area contributed by atoms with E-state index < -0.39 is 0 Å². The standard InChI is InChI=1S/C15H18N2O3/c18-12-4-2-1-3-11(12)14(20)17-7-5-15(6-8-17)9-13(19)16-10-15/h1-4,18H,5-10H2,(H,16,19). The normalized spacial score (nSPS) is 21.0. The Labute approximate surface area is 117 Å². The molecule has 2 aliphatic rings. The molecule has 1 aromatic rings. The van der Waals surface area contributed by atoms with Gasteiger partial charge in [0.25, 0.3) is 5.91 Å². The molecule has 5 heteroatoms. The van der Waals surface area contributed by atoms with Crippen LogP contribution in [0.25, 0.3) is 0 Å².